The van der Waals surface area contributed by atoms with Crippen molar-refractivity contribution >= 4 is 11.8 Å². The molecule has 13 heavy (non-hydrogen) atoms. The van der Waals surface area contributed by atoms with E-state index in [1.165, 1.54) is 0 Å². The topological polar surface area (TPSA) is 48.1 Å². The number of pyridine rings is 1. The second-order valence-electron chi connectivity index (χ2n) is 2.97. The molecule has 0 saturated heterocycles. The number of hydrogen-bond donors (Lipinski definition) is 1. The van der Waals surface area contributed by atoms with E-state index in [0.29, 0.717) is 12.5 Å². The van der Waals surface area contributed by atoms with Crippen LogP contribution in [-0.4, -0.2) is 22.7 Å². The molecule has 4 heteroatoms. The molecule has 3 nitrogen and oxygen atoms in total. The van der Waals surface area contributed by atoms with Gasteiger partial charge in [-0.25, -0.2) is 4.98 Å². The van der Waals surface area contributed by atoms with Crippen molar-refractivity contribution in [3.8, 4) is 5.88 Å². The lowest BCUT2D eigenvalue weighted by molar-refractivity contribution is 0.272. The second kappa shape index (κ2) is 4.48. The first-order chi connectivity index (χ1) is 6.14. The maximum Gasteiger partial charge on any atom is 0.213 e. The molecule has 0 aliphatic carbocycles. The van der Waals surface area contributed by atoms with Crippen molar-refractivity contribution in [2.24, 2.45) is 5.73 Å². The van der Waals surface area contributed by atoms with Gasteiger partial charge in [-0.3, -0.25) is 0 Å². The molecule has 1 heterocycles. The third-order valence-electron chi connectivity index (χ3n) is 1.61. The molecule has 72 valence electrons. The van der Waals surface area contributed by atoms with Gasteiger partial charge in [0.1, 0.15) is 6.61 Å². The Hall–Kier alpha value is -0.740. The van der Waals surface area contributed by atoms with Crippen LogP contribution in [0.4, 0.5) is 0 Å². The van der Waals surface area contributed by atoms with Gasteiger partial charge in [0, 0.05) is 12.3 Å². The lowest BCUT2D eigenvalue weighted by Gasteiger charge is -2.21. The fourth-order valence-electron chi connectivity index (χ4n) is 0.709. The van der Waals surface area contributed by atoms with Gasteiger partial charge in [0.15, 0.2) is 0 Å². The van der Waals surface area contributed by atoms with E-state index in [-0.39, 0.29) is 4.87 Å². The standard InChI is InChI=1S/C9H14N2OS/c1-9(10,13-2)7-12-8-5-3-4-6-11-8/h3-6H,7,10H2,1-2H3. The van der Waals surface area contributed by atoms with Gasteiger partial charge in [0.2, 0.25) is 5.88 Å². The lowest BCUT2D eigenvalue weighted by Crippen LogP contribution is -2.38. The Morgan fingerprint density at radius 1 is 1.62 bits per heavy atom. The minimum Gasteiger partial charge on any atom is -0.475 e. The number of nitrogens with two attached hydrogens (primary N) is 1. The molecule has 0 aliphatic rings. The maximum atomic E-state index is 5.87. The molecule has 2 N–H and O–H groups in total. The minimum atomic E-state index is -0.350. The smallest absolute Gasteiger partial charge is 0.213 e. The van der Waals surface area contributed by atoms with Gasteiger partial charge in [-0.05, 0) is 19.2 Å². The molecule has 1 rings (SSSR count). The highest BCUT2D eigenvalue weighted by molar-refractivity contribution is 7.99. The van der Waals surface area contributed by atoms with Gasteiger partial charge in [-0.2, -0.15) is 0 Å². The van der Waals surface area contributed by atoms with Crippen molar-refractivity contribution in [2.75, 3.05) is 12.9 Å². The minimum absolute atomic E-state index is 0.350. The van der Waals surface area contributed by atoms with Crippen LogP contribution in [-0.2, 0) is 0 Å². The van der Waals surface area contributed by atoms with Crippen LogP contribution in [0.25, 0.3) is 0 Å². The molecule has 0 spiro atoms. The predicted molar refractivity (Wildman–Crippen MR) is 55.8 cm³/mol. The summed E-state index contributed by atoms with van der Waals surface area (Å²) in [5.74, 6) is 0.619. The third-order valence-corrected chi connectivity index (χ3v) is 2.66. The summed E-state index contributed by atoms with van der Waals surface area (Å²) < 4.78 is 5.40. The van der Waals surface area contributed by atoms with Crippen LogP contribution in [0.5, 0.6) is 5.88 Å². The van der Waals surface area contributed by atoms with E-state index in [9.17, 15) is 0 Å². The molecule has 0 aliphatic heterocycles. The molecule has 1 unspecified atom stereocenters. The summed E-state index contributed by atoms with van der Waals surface area (Å²) in [6.45, 7) is 2.39. The van der Waals surface area contributed by atoms with Crippen LogP contribution in [0.15, 0.2) is 24.4 Å². The molecule has 1 aromatic rings. The average Bonchev–Trinajstić information content (AvgIpc) is 2.17. The van der Waals surface area contributed by atoms with Gasteiger partial charge in [0.25, 0.3) is 0 Å². The van der Waals surface area contributed by atoms with Gasteiger partial charge in [0.05, 0.1) is 4.87 Å². The molecule has 1 atom stereocenters. The largest absolute Gasteiger partial charge is 0.475 e. The fourth-order valence-corrected chi connectivity index (χ4v) is 0.885. The average molecular weight is 198 g/mol. The van der Waals surface area contributed by atoms with Gasteiger partial charge in [-0.15, -0.1) is 11.8 Å². The van der Waals surface area contributed by atoms with Crippen molar-refractivity contribution < 1.29 is 4.74 Å². The van der Waals surface area contributed by atoms with Crippen LogP contribution in [0, 0.1) is 0 Å². The van der Waals surface area contributed by atoms with E-state index in [0.717, 1.165) is 0 Å². The zero-order valence-corrected chi connectivity index (χ0v) is 8.67. The SMILES string of the molecule is CSC(C)(N)COc1ccccn1. The number of rotatable bonds is 4. The Labute approximate surface area is 82.7 Å². The molecular weight excluding hydrogens is 184 g/mol. The summed E-state index contributed by atoms with van der Waals surface area (Å²) in [5.41, 5.74) is 5.87. The highest BCUT2D eigenvalue weighted by Crippen LogP contribution is 2.16. The van der Waals surface area contributed by atoms with E-state index in [4.69, 9.17) is 10.5 Å². The zero-order valence-electron chi connectivity index (χ0n) is 7.86. The van der Waals surface area contributed by atoms with Gasteiger partial charge >= 0.3 is 0 Å². The summed E-state index contributed by atoms with van der Waals surface area (Å²) in [7, 11) is 0. The van der Waals surface area contributed by atoms with Crippen LogP contribution in [0.1, 0.15) is 6.92 Å². The van der Waals surface area contributed by atoms with Crippen molar-refractivity contribution in [2.45, 2.75) is 11.8 Å². The number of thioether (sulfide) groups is 1. The summed E-state index contributed by atoms with van der Waals surface area (Å²) in [4.78, 5) is 3.68. The summed E-state index contributed by atoms with van der Waals surface area (Å²) >= 11 is 1.57. The predicted octanol–water partition coefficient (Wildman–Crippen LogP) is 1.50. The first-order valence-electron chi connectivity index (χ1n) is 4.02. The number of aromatic nitrogens is 1. The summed E-state index contributed by atoms with van der Waals surface area (Å²) in [5, 5.41) is 0. The van der Waals surface area contributed by atoms with E-state index in [2.05, 4.69) is 4.98 Å². The molecular formula is C9H14N2OS. The summed E-state index contributed by atoms with van der Waals surface area (Å²) in [6.07, 6.45) is 3.66. The molecule has 0 saturated carbocycles. The lowest BCUT2D eigenvalue weighted by atomic mass is 10.4. The maximum absolute atomic E-state index is 5.87. The number of nitrogens with zero attached hydrogens (tertiary/aromatic N) is 1. The van der Waals surface area contributed by atoms with Crippen LogP contribution < -0.4 is 10.5 Å². The first-order valence-corrected chi connectivity index (χ1v) is 5.24. The van der Waals surface area contributed by atoms with Crippen LogP contribution >= 0.6 is 11.8 Å². The molecule has 0 amide bonds. The quantitative estimate of drug-likeness (QED) is 0.745. The molecule has 0 fully saturated rings. The van der Waals surface area contributed by atoms with Crippen molar-refractivity contribution in [3.63, 3.8) is 0 Å². The molecule has 1 aromatic heterocycles. The van der Waals surface area contributed by atoms with E-state index < -0.39 is 0 Å². The molecule has 0 bridgehead atoms. The Kier molecular flexibility index (Phi) is 3.57. The fraction of sp³-hybridized carbons (Fsp3) is 0.444. The monoisotopic (exact) mass is 198 g/mol. The van der Waals surface area contributed by atoms with Gasteiger partial charge < -0.3 is 10.5 Å². The Morgan fingerprint density at radius 2 is 2.38 bits per heavy atom. The Bertz CT molecular complexity index is 251. The number of hydrogen-bond acceptors (Lipinski definition) is 4. The van der Waals surface area contributed by atoms with Crippen molar-refractivity contribution in [1.29, 1.82) is 0 Å². The Balaban J connectivity index is 2.44. The first kappa shape index (κ1) is 10.3. The van der Waals surface area contributed by atoms with Crippen molar-refractivity contribution in [1.82, 2.24) is 4.98 Å². The van der Waals surface area contributed by atoms with Crippen LogP contribution in [0.2, 0.25) is 0 Å². The van der Waals surface area contributed by atoms with E-state index >= 15 is 0 Å². The van der Waals surface area contributed by atoms with Gasteiger partial charge in [-0.1, -0.05) is 6.07 Å². The van der Waals surface area contributed by atoms with Crippen molar-refractivity contribution in [3.05, 3.63) is 24.4 Å². The highest BCUT2D eigenvalue weighted by atomic mass is 32.2. The van der Waals surface area contributed by atoms with Crippen LogP contribution in [0.3, 0.4) is 0 Å². The normalized spacial score (nSPS) is 15.0. The molecule has 0 aromatic carbocycles. The van der Waals surface area contributed by atoms with E-state index in [1.54, 1.807) is 18.0 Å². The highest BCUT2D eigenvalue weighted by Gasteiger charge is 2.17. The number of ether oxygens (including phenoxy) is 1. The molecule has 0 radical (unpaired) electrons. The summed E-state index contributed by atoms with van der Waals surface area (Å²) in [6, 6.07) is 5.55. The zero-order chi connectivity index (χ0) is 9.73. The van der Waals surface area contributed by atoms with E-state index in [1.807, 2.05) is 31.4 Å². The third kappa shape index (κ3) is 3.65. The Morgan fingerprint density at radius 3 is 2.92 bits per heavy atom. The second-order valence-corrected chi connectivity index (χ2v) is 4.31.